The minimum Gasteiger partial charge on any atom is -0.493 e. The summed E-state index contributed by atoms with van der Waals surface area (Å²) in [5, 5.41) is 0.715. The van der Waals surface area contributed by atoms with E-state index < -0.39 is 0 Å². The Bertz CT molecular complexity index is 1450. The van der Waals surface area contributed by atoms with Crippen LogP contribution in [0.5, 0.6) is 11.5 Å². The van der Waals surface area contributed by atoms with Crippen LogP contribution in [0, 0.1) is 0 Å². The molecule has 0 aliphatic carbocycles. The Kier molecular flexibility index (Phi) is 6.00. The molecule has 4 nitrogen and oxygen atoms in total. The number of halogens is 1. The highest BCUT2D eigenvalue weighted by Gasteiger charge is 2.34. The average Bonchev–Trinajstić information content (AvgIpc) is 3.09. The number of nitrogens with zero attached hydrogens (tertiary/aromatic N) is 2. The largest absolute Gasteiger partial charge is 0.493 e. The Hall–Kier alpha value is -3.60. The van der Waals surface area contributed by atoms with Gasteiger partial charge in [0.05, 0.1) is 31.7 Å². The minimum absolute atomic E-state index is 0.0344. The van der Waals surface area contributed by atoms with Crippen LogP contribution in [-0.4, -0.2) is 37.9 Å². The van der Waals surface area contributed by atoms with Gasteiger partial charge in [0.2, 0.25) is 0 Å². The summed E-state index contributed by atoms with van der Waals surface area (Å²) < 4.78 is 11.3. The normalized spacial score (nSPS) is 16.8. The fraction of sp³-hybridized carbons (Fsp3) is 0.194. The third-order valence-electron chi connectivity index (χ3n) is 7.19. The molecule has 36 heavy (non-hydrogen) atoms. The van der Waals surface area contributed by atoms with E-state index >= 15 is 0 Å². The van der Waals surface area contributed by atoms with Gasteiger partial charge in [0.1, 0.15) is 0 Å². The Labute approximate surface area is 216 Å². The number of methoxy groups -OCH3 is 2. The number of fused-ring (bicyclic) bond motifs is 5. The van der Waals surface area contributed by atoms with Crippen molar-refractivity contribution in [1.29, 1.82) is 0 Å². The van der Waals surface area contributed by atoms with E-state index in [0.717, 1.165) is 53.5 Å². The summed E-state index contributed by atoms with van der Waals surface area (Å²) in [6.45, 7) is 1.66. The zero-order valence-electron chi connectivity index (χ0n) is 20.4. The molecule has 1 atom stereocenters. The van der Waals surface area contributed by atoms with E-state index in [1.165, 1.54) is 22.3 Å². The predicted octanol–water partition coefficient (Wildman–Crippen LogP) is 7.11. The molecule has 0 fully saturated rings. The zero-order valence-corrected chi connectivity index (χ0v) is 21.1. The smallest absolute Gasteiger partial charge is 0.161 e. The molecule has 0 saturated carbocycles. The standard InChI is InChI=1S/C31H27ClN2O2/c1-35-29-16-23-14-15-34-19-28(22-10-8-21(9-11-22)20-6-4-3-5-7-20)33-27-13-12-24(32)17-26(27)31(34)25(23)18-30(29)36-2/h3-13,16-18,31H,14-15,19H2,1-2H3. The van der Waals surface area contributed by atoms with Crippen LogP contribution in [-0.2, 0) is 6.42 Å². The van der Waals surface area contributed by atoms with Crippen molar-refractivity contribution in [1.82, 2.24) is 4.90 Å². The first-order valence-corrected chi connectivity index (χ1v) is 12.5. The van der Waals surface area contributed by atoms with Gasteiger partial charge >= 0.3 is 0 Å². The molecule has 5 heteroatoms. The van der Waals surface area contributed by atoms with Gasteiger partial charge < -0.3 is 9.47 Å². The average molecular weight is 495 g/mol. The molecule has 0 aromatic heterocycles. The number of hydrogen-bond donors (Lipinski definition) is 0. The quantitative estimate of drug-likeness (QED) is 0.303. The lowest BCUT2D eigenvalue weighted by Crippen LogP contribution is -2.38. The van der Waals surface area contributed by atoms with Crippen LogP contribution in [0.25, 0.3) is 11.1 Å². The van der Waals surface area contributed by atoms with Crippen molar-refractivity contribution in [3.63, 3.8) is 0 Å². The molecule has 2 heterocycles. The third kappa shape index (κ3) is 4.06. The molecular formula is C31H27ClN2O2. The monoisotopic (exact) mass is 494 g/mol. The first-order valence-electron chi connectivity index (χ1n) is 12.2. The van der Waals surface area contributed by atoms with Crippen molar-refractivity contribution in [3.8, 4) is 22.6 Å². The van der Waals surface area contributed by atoms with Crippen LogP contribution >= 0.6 is 11.6 Å². The Morgan fingerprint density at radius 2 is 1.47 bits per heavy atom. The molecule has 0 saturated heterocycles. The molecule has 0 bridgehead atoms. The number of ether oxygens (including phenoxy) is 2. The first kappa shape index (κ1) is 22.8. The van der Waals surface area contributed by atoms with Crippen LogP contribution in [0.3, 0.4) is 0 Å². The highest BCUT2D eigenvalue weighted by Crippen LogP contribution is 2.45. The van der Waals surface area contributed by atoms with Crippen molar-refractivity contribution in [2.45, 2.75) is 12.5 Å². The summed E-state index contributed by atoms with van der Waals surface area (Å²) in [5.41, 5.74) is 9.17. The van der Waals surface area contributed by atoms with Crippen molar-refractivity contribution in [2.75, 3.05) is 27.3 Å². The van der Waals surface area contributed by atoms with E-state index in [-0.39, 0.29) is 6.04 Å². The van der Waals surface area contributed by atoms with Crippen LogP contribution in [0.15, 0.2) is 89.9 Å². The minimum atomic E-state index is 0.0344. The maximum absolute atomic E-state index is 6.51. The maximum atomic E-state index is 6.51. The van der Waals surface area contributed by atoms with Crippen molar-refractivity contribution in [2.24, 2.45) is 4.99 Å². The van der Waals surface area contributed by atoms with Gasteiger partial charge in [-0.2, -0.15) is 0 Å². The Morgan fingerprint density at radius 3 is 2.22 bits per heavy atom. The van der Waals surface area contributed by atoms with E-state index in [9.17, 15) is 0 Å². The fourth-order valence-electron chi connectivity index (χ4n) is 5.39. The SMILES string of the molecule is COc1cc2c(cc1OC)C1c3cc(Cl)ccc3N=C(c3ccc(-c4ccccc4)cc3)CN1CC2. The second kappa shape index (κ2) is 9.45. The molecule has 180 valence electrons. The van der Waals surface area contributed by atoms with E-state index in [4.69, 9.17) is 26.1 Å². The van der Waals surface area contributed by atoms with Gasteiger partial charge in [0, 0.05) is 23.7 Å². The fourth-order valence-corrected chi connectivity index (χ4v) is 5.57. The van der Waals surface area contributed by atoms with Crippen LogP contribution < -0.4 is 9.47 Å². The Morgan fingerprint density at radius 1 is 0.778 bits per heavy atom. The molecule has 6 rings (SSSR count). The van der Waals surface area contributed by atoms with E-state index in [1.54, 1.807) is 14.2 Å². The summed E-state index contributed by atoms with van der Waals surface area (Å²) in [5.74, 6) is 1.50. The highest BCUT2D eigenvalue weighted by molar-refractivity contribution is 6.30. The summed E-state index contributed by atoms with van der Waals surface area (Å²) in [6.07, 6.45) is 0.933. The molecule has 0 N–H and O–H groups in total. The molecule has 0 radical (unpaired) electrons. The van der Waals surface area contributed by atoms with Gasteiger partial charge in [-0.15, -0.1) is 0 Å². The molecule has 0 amide bonds. The second-order valence-corrected chi connectivity index (χ2v) is 9.67. The van der Waals surface area contributed by atoms with Gasteiger partial charge in [-0.25, -0.2) is 0 Å². The van der Waals surface area contributed by atoms with Crippen LogP contribution in [0.4, 0.5) is 5.69 Å². The molecule has 0 spiro atoms. The molecule has 4 aromatic carbocycles. The van der Waals surface area contributed by atoms with Crippen molar-refractivity contribution >= 4 is 23.0 Å². The lowest BCUT2D eigenvalue weighted by Gasteiger charge is -2.37. The highest BCUT2D eigenvalue weighted by atomic mass is 35.5. The van der Waals surface area contributed by atoms with E-state index in [1.807, 2.05) is 18.2 Å². The Balaban J connectivity index is 1.43. The molecule has 4 aromatic rings. The van der Waals surface area contributed by atoms with Crippen molar-refractivity contribution in [3.05, 3.63) is 112 Å². The second-order valence-electron chi connectivity index (χ2n) is 9.23. The molecule has 2 aliphatic heterocycles. The first-order chi connectivity index (χ1) is 17.6. The molecular weight excluding hydrogens is 468 g/mol. The van der Waals surface area contributed by atoms with Crippen LogP contribution in [0.1, 0.15) is 28.3 Å². The summed E-state index contributed by atoms with van der Waals surface area (Å²) in [4.78, 5) is 7.69. The number of rotatable bonds is 4. The summed E-state index contributed by atoms with van der Waals surface area (Å²) in [6, 6.07) is 29.5. The molecule has 2 aliphatic rings. The van der Waals surface area contributed by atoms with Crippen molar-refractivity contribution < 1.29 is 9.47 Å². The predicted molar refractivity (Wildman–Crippen MR) is 146 cm³/mol. The van der Waals surface area contributed by atoms with Crippen LogP contribution in [0.2, 0.25) is 5.02 Å². The topological polar surface area (TPSA) is 34.1 Å². The van der Waals surface area contributed by atoms with Gasteiger partial charge in [-0.05, 0) is 64.6 Å². The third-order valence-corrected chi connectivity index (χ3v) is 7.43. The number of hydrogen-bond acceptors (Lipinski definition) is 4. The van der Waals surface area contributed by atoms with Gasteiger partial charge in [-0.3, -0.25) is 9.89 Å². The zero-order chi connectivity index (χ0) is 24.6. The number of aliphatic imine (C=N–C) groups is 1. The van der Waals surface area contributed by atoms with E-state index in [0.29, 0.717) is 5.02 Å². The van der Waals surface area contributed by atoms with Gasteiger partial charge in [0.15, 0.2) is 11.5 Å². The lowest BCUT2D eigenvalue weighted by atomic mass is 9.87. The number of benzene rings is 4. The van der Waals surface area contributed by atoms with Gasteiger partial charge in [0.25, 0.3) is 0 Å². The molecule has 1 unspecified atom stereocenters. The lowest BCUT2D eigenvalue weighted by molar-refractivity contribution is 0.245. The summed E-state index contributed by atoms with van der Waals surface area (Å²) >= 11 is 6.51. The summed E-state index contributed by atoms with van der Waals surface area (Å²) in [7, 11) is 3.37. The van der Waals surface area contributed by atoms with Gasteiger partial charge in [-0.1, -0.05) is 66.2 Å². The van der Waals surface area contributed by atoms with E-state index in [2.05, 4.69) is 71.6 Å². The maximum Gasteiger partial charge on any atom is 0.161 e.